The number of carbonyl (C=O) groups excluding carboxylic acids is 2. The predicted octanol–water partition coefficient (Wildman–Crippen LogP) is -2.09. The molecule has 0 radical (unpaired) electrons. The Morgan fingerprint density at radius 1 is 0.846 bits per heavy atom. The molecule has 1 rings (SSSR count). The molecule has 39 heavy (non-hydrogen) atoms. The topological polar surface area (TPSA) is 246 Å². The molecule has 0 aromatic rings. The first-order valence-corrected chi connectivity index (χ1v) is 12.6. The molecule has 220 valence electrons. The van der Waals surface area contributed by atoms with E-state index in [0.29, 0.717) is 19.5 Å². The van der Waals surface area contributed by atoms with Crippen LogP contribution in [-0.2, 0) is 24.0 Å². The maximum Gasteiger partial charge on any atom is 0.320 e. The molecule has 2 amide bonds. The van der Waals surface area contributed by atoms with Crippen LogP contribution in [0.1, 0.15) is 19.3 Å². The zero-order valence-corrected chi connectivity index (χ0v) is 22.0. The summed E-state index contributed by atoms with van der Waals surface area (Å²) in [6.45, 7) is 1.72. The molecular formula is C22H39N9O8. The Labute approximate surface area is 226 Å². The van der Waals surface area contributed by atoms with E-state index in [9.17, 15) is 39.3 Å². The van der Waals surface area contributed by atoms with Gasteiger partial charge in [-0.05, 0) is 18.4 Å². The molecule has 17 heteroatoms. The van der Waals surface area contributed by atoms with E-state index in [1.54, 1.807) is 19.6 Å². The normalized spacial score (nSPS) is 17.6. The summed E-state index contributed by atoms with van der Waals surface area (Å²) in [4.78, 5) is 68.1. The van der Waals surface area contributed by atoms with Gasteiger partial charge < -0.3 is 26.4 Å². The van der Waals surface area contributed by atoms with Gasteiger partial charge in [0.1, 0.15) is 6.04 Å². The van der Waals surface area contributed by atoms with Crippen molar-refractivity contribution in [2.75, 3.05) is 85.1 Å². The molecule has 1 saturated heterocycles. The molecule has 6 N–H and O–H groups in total. The van der Waals surface area contributed by atoms with Crippen LogP contribution in [0.5, 0.6) is 0 Å². The number of amides is 2. The quantitative estimate of drug-likeness (QED) is 0.0629. The molecule has 0 spiro atoms. The summed E-state index contributed by atoms with van der Waals surface area (Å²) in [6.07, 6.45) is 0.358. The van der Waals surface area contributed by atoms with Gasteiger partial charge in [0, 0.05) is 76.8 Å². The number of rotatable bonds is 15. The van der Waals surface area contributed by atoms with E-state index in [0.717, 1.165) is 0 Å². The highest BCUT2D eigenvalue weighted by atomic mass is 16.4. The van der Waals surface area contributed by atoms with E-state index in [4.69, 9.17) is 11.3 Å². The minimum Gasteiger partial charge on any atom is -0.480 e. The minimum atomic E-state index is -1.15. The van der Waals surface area contributed by atoms with Crippen molar-refractivity contribution in [2.24, 2.45) is 10.8 Å². The van der Waals surface area contributed by atoms with E-state index in [1.807, 2.05) is 0 Å². The molecular weight excluding hydrogens is 518 g/mol. The van der Waals surface area contributed by atoms with Gasteiger partial charge in [-0.2, -0.15) is 0 Å². The molecule has 17 nitrogen and oxygen atoms in total. The van der Waals surface area contributed by atoms with E-state index < -0.39 is 29.9 Å². The zero-order valence-electron chi connectivity index (χ0n) is 22.0. The van der Waals surface area contributed by atoms with Crippen molar-refractivity contribution in [3.63, 3.8) is 0 Å². The second-order valence-corrected chi connectivity index (χ2v) is 9.17. The van der Waals surface area contributed by atoms with Crippen LogP contribution in [0.25, 0.3) is 10.4 Å². The first-order valence-electron chi connectivity index (χ1n) is 12.6. The largest absolute Gasteiger partial charge is 0.480 e. The van der Waals surface area contributed by atoms with Crippen LogP contribution >= 0.6 is 0 Å². The maximum absolute atomic E-state index is 12.2. The van der Waals surface area contributed by atoms with Crippen LogP contribution in [0.15, 0.2) is 5.11 Å². The second-order valence-electron chi connectivity index (χ2n) is 9.17. The molecule has 1 atom stereocenters. The fraction of sp³-hybridized carbons (Fsp3) is 0.773. The lowest BCUT2D eigenvalue weighted by Gasteiger charge is -2.35. The van der Waals surface area contributed by atoms with Crippen LogP contribution in [0.4, 0.5) is 0 Å². The summed E-state index contributed by atoms with van der Waals surface area (Å²) >= 11 is 0. The Kier molecular flexibility index (Phi) is 16.1. The third kappa shape index (κ3) is 15.5. The van der Waals surface area contributed by atoms with Gasteiger partial charge in [-0.3, -0.25) is 43.6 Å². The highest BCUT2D eigenvalue weighted by molar-refractivity contribution is 5.78. The number of nitrogens with zero attached hydrogens (tertiary/aromatic N) is 7. The van der Waals surface area contributed by atoms with E-state index in [-0.39, 0.29) is 90.7 Å². The summed E-state index contributed by atoms with van der Waals surface area (Å²) in [7, 11) is 0. The van der Waals surface area contributed by atoms with Crippen molar-refractivity contribution in [3.05, 3.63) is 10.4 Å². The standard InChI is InChI=1S/C22H39N9O8/c23-18(32)14-28-6-8-29(15-20(34)35)10-12-31(13-11-30(9-7-28)16-21(36)37)17(22(38)39)2-3-19(33)25-4-1-5-26-27-24/h17H,1-16H2,(H2,23,32)(H,25,33)(H,34,35)(H,36,37)(H,38,39). The molecule has 0 aromatic carbocycles. The number of hydrogen-bond donors (Lipinski definition) is 5. The Balaban J connectivity index is 3.01. The van der Waals surface area contributed by atoms with Crippen LogP contribution in [0.2, 0.25) is 0 Å². The van der Waals surface area contributed by atoms with Crippen molar-refractivity contribution in [2.45, 2.75) is 25.3 Å². The highest BCUT2D eigenvalue weighted by Crippen LogP contribution is 2.10. The number of hydrogen-bond acceptors (Lipinski definition) is 10. The molecule has 1 aliphatic heterocycles. The second kappa shape index (κ2) is 18.7. The van der Waals surface area contributed by atoms with Crippen molar-refractivity contribution < 1.29 is 39.3 Å². The van der Waals surface area contributed by atoms with Gasteiger partial charge in [-0.25, -0.2) is 0 Å². The van der Waals surface area contributed by atoms with Crippen molar-refractivity contribution in [3.8, 4) is 0 Å². The average Bonchev–Trinajstić information content (AvgIpc) is 2.84. The van der Waals surface area contributed by atoms with Gasteiger partial charge in [0.05, 0.1) is 19.6 Å². The predicted molar refractivity (Wildman–Crippen MR) is 138 cm³/mol. The molecule has 1 heterocycles. The summed E-state index contributed by atoms with van der Waals surface area (Å²) < 4.78 is 0. The Bertz CT molecular complexity index is 852. The lowest BCUT2D eigenvalue weighted by molar-refractivity contribution is -0.145. The van der Waals surface area contributed by atoms with Crippen LogP contribution in [0.3, 0.4) is 0 Å². The fourth-order valence-corrected chi connectivity index (χ4v) is 4.18. The molecule has 1 unspecified atom stereocenters. The Morgan fingerprint density at radius 2 is 1.33 bits per heavy atom. The van der Waals surface area contributed by atoms with Gasteiger partial charge in [0.15, 0.2) is 0 Å². The van der Waals surface area contributed by atoms with Gasteiger partial charge in [-0.1, -0.05) is 5.11 Å². The zero-order chi connectivity index (χ0) is 29.2. The van der Waals surface area contributed by atoms with Crippen molar-refractivity contribution in [1.82, 2.24) is 24.9 Å². The molecule has 0 saturated carbocycles. The number of aliphatic carboxylic acids is 3. The summed E-state index contributed by atoms with van der Waals surface area (Å²) in [5.74, 6) is -4.19. The van der Waals surface area contributed by atoms with Crippen LogP contribution in [0, 0.1) is 0 Å². The van der Waals surface area contributed by atoms with Gasteiger partial charge in [0.2, 0.25) is 11.8 Å². The van der Waals surface area contributed by atoms with Gasteiger partial charge in [0.25, 0.3) is 0 Å². The Hall–Kier alpha value is -3.50. The number of carboxylic acid groups (broad SMARTS) is 3. The summed E-state index contributed by atoms with van der Waals surface area (Å²) in [5.41, 5.74) is 13.6. The average molecular weight is 558 g/mol. The number of primary amides is 1. The van der Waals surface area contributed by atoms with E-state index in [1.165, 1.54) is 0 Å². The fourth-order valence-electron chi connectivity index (χ4n) is 4.18. The molecule has 1 aliphatic rings. The minimum absolute atomic E-state index is 0.0121. The van der Waals surface area contributed by atoms with Crippen molar-refractivity contribution in [1.29, 1.82) is 0 Å². The molecule has 0 aromatic heterocycles. The first kappa shape index (κ1) is 33.5. The molecule has 1 fully saturated rings. The number of carboxylic acids is 3. The summed E-state index contributed by atoms with van der Waals surface area (Å²) in [5, 5.41) is 34.7. The van der Waals surface area contributed by atoms with Gasteiger partial charge >= 0.3 is 17.9 Å². The molecule has 0 aliphatic carbocycles. The van der Waals surface area contributed by atoms with Crippen LogP contribution < -0.4 is 11.1 Å². The van der Waals surface area contributed by atoms with E-state index in [2.05, 4.69) is 15.3 Å². The summed E-state index contributed by atoms with van der Waals surface area (Å²) in [6, 6.07) is -1.06. The number of carbonyl (C=O) groups is 5. The lowest BCUT2D eigenvalue weighted by atomic mass is 10.1. The SMILES string of the molecule is [N-]=[N+]=NCCCNC(=O)CCC(C(=O)O)N1CCN(CC(=O)O)CCN(CC(N)=O)CCN(CC(=O)O)CC1. The van der Waals surface area contributed by atoms with Crippen LogP contribution in [-0.4, -0.2) is 156 Å². The first-order chi connectivity index (χ1) is 18.5. The lowest BCUT2D eigenvalue weighted by Crippen LogP contribution is -2.52. The number of azide groups is 1. The van der Waals surface area contributed by atoms with E-state index >= 15 is 0 Å². The third-order valence-corrected chi connectivity index (χ3v) is 6.16. The Morgan fingerprint density at radius 3 is 1.77 bits per heavy atom. The number of nitrogens with two attached hydrogens (primary N) is 1. The maximum atomic E-state index is 12.2. The third-order valence-electron chi connectivity index (χ3n) is 6.16. The van der Waals surface area contributed by atoms with Crippen molar-refractivity contribution >= 4 is 29.7 Å². The number of nitrogens with one attached hydrogen (secondary N) is 1. The monoisotopic (exact) mass is 557 g/mol. The smallest absolute Gasteiger partial charge is 0.320 e. The highest BCUT2D eigenvalue weighted by Gasteiger charge is 2.28. The van der Waals surface area contributed by atoms with Gasteiger partial charge in [-0.15, -0.1) is 0 Å². The molecule has 0 bridgehead atoms.